The van der Waals surface area contributed by atoms with E-state index in [2.05, 4.69) is 17.0 Å². The third-order valence-corrected chi connectivity index (χ3v) is 6.97. The summed E-state index contributed by atoms with van der Waals surface area (Å²) in [7, 11) is 1.18. The molecule has 0 rings (SSSR count). The summed E-state index contributed by atoms with van der Waals surface area (Å²) in [6.45, 7) is 2.06. The van der Waals surface area contributed by atoms with Gasteiger partial charge in [0.15, 0.2) is 6.04 Å². The maximum absolute atomic E-state index is 12.0. The summed E-state index contributed by atoms with van der Waals surface area (Å²) in [5.74, 6) is -0.328. The minimum absolute atomic E-state index is 0.146. The van der Waals surface area contributed by atoms with Crippen molar-refractivity contribution in [1.29, 1.82) is 0 Å². The van der Waals surface area contributed by atoms with Crippen LogP contribution in [0.3, 0.4) is 0 Å². The highest BCUT2D eigenvalue weighted by molar-refractivity contribution is 7.99. The third kappa shape index (κ3) is 20.6. The van der Waals surface area contributed by atoms with E-state index in [-0.39, 0.29) is 5.97 Å². The van der Waals surface area contributed by atoms with E-state index in [0.29, 0.717) is 31.0 Å². The van der Waals surface area contributed by atoms with Gasteiger partial charge in [0.2, 0.25) is 5.91 Å². The highest BCUT2D eigenvalue weighted by atomic mass is 32.2. The summed E-state index contributed by atoms with van der Waals surface area (Å²) in [4.78, 5) is 35.2. The van der Waals surface area contributed by atoms with Gasteiger partial charge in [-0.3, -0.25) is 9.59 Å². The molecule has 1 amide bonds. The van der Waals surface area contributed by atoms with Crippen LogP contribution in [0.15, 0.2) is 0 Å². The topological polar surface area (TPSA) is 128 Å². The van der Waals surface area contributed by atoms with E-state index < -0.39 is 30.6 Å². The van der Waals surface area contributed by atoms with Crippen molar-refractivity contribution in [3.63, 3.8) is 0 Å². The lowest BCUT2D eigenvalue weighted by molar-refractivity contribution is -0.146. The number of methoxy groups -OCH3 is 1. The third-order valence-electron chi connectivity index (χ3n) is 5.80. The van der Waals surface area contributed by atoms with Crippen LogP contribution in [0, 0.1) is 0 Å². The molecule has 0 saturated heterocycles. The average molecular weight is 519 g/mol. The fourth-order valence-electron chi connectivity index (χ4n) is 3.59. The second-order valence-electron chi connectivity index (χ2n) is 9.01. The SMILES string of the molecule is CCCCCCCCCCCCCCCC(=O)OCCCSC[C@H](N)C(=O)N[C@@H](CO)C(=O)OC. The Kier molecular flexibility index (Phi) is 23.5. The molecule has 9 heteroatoms. The molecular weight excluding hydrogens is 468 g/mol. The van der Waals surface area contributed by atoms with Gasteiger partial charge in [0.05, 0.1) is 26.4 Å². The minimum atomic E-state index is -1.11. The van der Waals surface area contributed by atoms with E-state index in [9.17, 15) is 14.4 Å². The lowest BCUT2D eigenvalue weighted by Crippen LogP contribution is -2.51. The Morgan fingerprint density at radius 1 is 0.886 bits per heavy atom. The van der Waals surface area contributed by atoms with Gasteiger partial charge < -0.3 is 25.6 Å². The molecule has 0 radical (unpaired) electrons. The number of esters is 2. The van der Waals surface area contributed by atoms with Crippen LogP contribution in [0.25, 0.3) is 0 Å². The molecule has 0 aromatic carbocycles. The van der Waals surface area contributed by atoms with Crippen LogP contribution in [0.4, 0.5) is 0 Å². The molecule has 8 nitrogen and oxygen atoms in total. The number of hydrogen-bond donors (Lipinski definition) is 3. The summed E-state index contributed by atoms with van der Waals surface area (Å²) in [5, 5.41) is 11.5. The van der Waals surface area contributed by atoms with E-state index in [1.54, 1.807) is 0 Å². The number of ether oxygens (including phenoxy) is 2. The van der Waals surface area contributed by atoms with E-state index in [1.807, 2.05) is 0 Å². The fraction of sp³-hybridized carbons (Fsp3) is 0.885. The van der Waals surface area contributed by atoms with Gasteiger partial charge in [0.25, 0.3) is 0 Å². The predicted molar refractivity (Wildman–Crippen MR) is 142 cm³/mol. The molecule has 0 aliphatic carbocycles. The molecule has 0 aromatic rings. The normalized spacial score (nSPS) is 12.7. The molecule has 0 fully saturated rings. The second kappa shape index (κ2) is 24.4. The first-order chi connectivity index (χ1) is 17.0. The average Bonchev–Trinajstić information content (AvgIpc) is 2.86. The van der Waals surface area contributed by atoms with Crippen LogP contribution in [0.2, 0.25) is 0 Å². The molecule has 0 aliphatic rings. The molecular formula is C26H50N2O6S. The lowest BCUT2D eigenvalue weighted by Gasteiger charge is -2.17. The van der Waals surface area contributed by atoms with E-state index in [1.165, 1.54) is 89.5 Å². The van der Waals surface area contributed by atoms with Crippen LogP contribution in [0.5, 0.6) is 0 Å². The number of thioether (sulfide) groups is 1. The number of nitrogens with two attached hydrogens (primary N) is 1. The number of aliphatic hydroxyl groups excluding tert-OH is 1. The Morgan fingerprint density at radius 3 is 1.94 bits per heavy atom. The molecule has 0 aliphatic heterocycles. The zero-order valence-electron chi connectivity index (χ0n) is 22.1. The fourth-order valence-corrected chi connectivity index (χ4v) is 4.49. The van der Waals surface area contributed by atoms with Gasteiger partial charge in [0, 0.05) is 12.2 Å². The van der Waals surface area contributed by atoms with Crippen LogP contribution in [0.1, 0.15) is 103 Å². The Labute approximate surface area is 216 Å². The van der Waals surface area contributed by atoms with Crippen molar-refractivity contribution < 1.29 is 29.0 Å². The van der Waals surface area contributed by atoms with Crippen molar-refractivity contribution in [3.8, 4) is 0 Å². The largest absolute Gasteiger partial charge is 0.467 e. The number of rotatable bonds is 24. The van der Waals surface area contributed by atoms with Gasteiger partial charge in [0.1, 0.15) is 0 Å². The van der Waals surface area contributed by atoms with Crippen LogP contribution in [-0.2, 0) is 23.9 Å². The van der Waals surface area contributed by atoms with Crippen molar-refractivity contribution in [2.45, 2.75) is 115 Å². The summed E-state index contributed by atoms with van der Waals surface area (Å²) in [6, 6.07) is -1.92. The summed E-state index contributed by atoms with van der Waals surface area (Å²) < 4.78 is 9.76. The van der Waals surface area contributed by atoms with E-state index in [4.69, 9.17) is 15.6 Å². The number of unbranched alkanes of at least 4 members (excludes halogenated alkanes) is 12. The minimum Gasteiger partial charge on any atom is -0.467 e. The molecule has 0 aromatic heterocycles. The maximum Gasteiger partial charge on any atom is 0.330 e. The van der Waals surface area contributed by atoms with Crippen LogP contribution >= 0.6 is 11.8 Å². The van der Waals surface area contributed by atoms with Gasteiger partial charge in [-0.25, -0.2) is 4.79 Å². The Morgan fingerprint density at radius 2 is 1.43 bits per heavy atom. The van der Waals surface area contributed by atoms with Crippen molar-refractivity contribution in [3.05, 3.63) is 0 Å². The van der Waals surface area contributed by atoms with Gasteiger partial charge >= 0.3 is 11.9 Å². The van der Waals surface area contributed by atoms with Crippen molar-refractivity contribution in [1.82, 2.24) is 5.32 Å². The van der Waals surface area contributed by atoms with Crippen LogP contribution < -0.4 is 11.1 Å². The van der Waals surface area contributed by atoms with Gasteiger partial charge in [-0.2, -0.15) is 11.8 Å². The highest BCUT2D eigenvalue weighted by Gasteiger charge is 2.23. The van der Waals surface area contributed by atoms with Gasteiger partial charge in [-0.1, -0.05) is 84.0 Å². The molecule has 0 unspecified atom stereocenters. The first-order valence-corrected chi connectivity index (χ1v) is 14.6. The number of amides is 1. The predicted octanol–water partition coefficient (Wildman–Crippen LogP) is 4.11. The maximum atomic E-state index is 12.0. The van der Waals surface area contributed by atoms with Gasteiger partial charge in [-0.15, -0.1) is 0 Å². The summed E-state index contributed by atoms with van der Waals surface area (Å²) in [6.07, 6.45) is 17.8. The lowest BCUT2D eigenvalue weighted by atomic mass is 10.0. The quantitative estimate of drug-likeness (QED) is 0.129. The summed E-state index contributed by atoms with van der Waals surface area (Å²) >= 11 is 1.47. The van der Waals surface area contributed by atoms with Gasteiger partial charge in [-0.05, 0) is 18.6 Å². The van der Waals surface area contributed by atoms with Crippen molar-refractivity contribution in [2.24, 2.45) is 5.73 Å². The standard InChI is InChI=1S/C26H50N2O6S/c1-3-4-5-6-7-8-9-10-11-12-13-14-15-17-24(30)34-18-16-19-35-21-22(27)25(31)28-23(20-29)26(32)33-2/h22-23,29H,3-21,27H2,1-2H3,(H,28,31)/t22-,23-/m0/s1. The number of carbonyl (C=O) groups excluding carboxylic acids is 3. The number of aliphatic hydroxyl groups is 1. The summed E-state index contributed by atoms with van der Waals surface area (Å²) in [5.41, 5.74) is 5.81. The van der Waals surface area contributed by atoms with Crippen LogP contribution in [-0.4, -0.2) is 66.9 Å². The zero-order valence-corrected chi connectivity index (χ0v) is 22.9. The first-order valence-electron chi connectivity index (χ1n) is 13.4. The van der Waals surface area contributed by atoms with Crippen molar-refractivity contribution in [2.75, 3.05) is 31.8 Å². The zero-order chi connectivity index (χ0) is 26.2. The molecule has 0 spiro atoms. The molecule has 35 heavy (non-hydrogen) atoms. The Bertz CT molecular complexity index is 550. The van der Waals surface area contributed by atoms with E-state index in [0.717, 1.165) is 12.8 Å². The monoisotopic (exact) mass is 518 g/mol. The Balaban J connectivity index is 3.51. The molecule has 0 heterocycles. The number of carbonyl (C=O) groups is 3. The first kappa shape index (κ1) is 33.7. The molecule has 0 saturated carbocycles. The highest BCUT2D eigenvalue weighted by Crippen LogP contribution is 2.13. The smallest absolute Gasteiger partial charge is 0.330 e. The molecule has 4 N–H and O–H groups in total. The molecule has 0 bridgehead atoms. The Hall–Kier alpha value is -1.32. The number of nitrogens with one attached hydrogen (secondary N) is 1. The number of hydrogen-bond acceptors (Lipinski definition) is 8. The second-order valence-corrected chi connectivity index (χ2v) is 10.2. The van der Waals surface area contributed by atoms with Crippen molar-refractivity contribution >= 4 is 29.6 Å². The molecule has 2 atom stereocenters. The van der Waals surface area contributed by atoms with E-state index >= 15 is 0 Å². The molecule has 206 valence electrons.